The van der Waals surface area contributed by atoms with Crippen molar-refractivity contribution in [1.82, 2.24) is 14.7 Å². The van der Waals surface area contributed by atoms with E-state index in [1.165, 1.54) is 12.8 Å². The van der Waals surface area contributed by atoms with Crippen molar-refractivity contribution in [2.24, 2.45) is 0 Å². The molecule has 3 aliphatic heterocycles. The van der Waals surface area contributed by atoms with E-state index < -0.39 is 5.60 Å². The van der Waals surface area contributed by atoms with E-state index >= 15 is 0 Å². The van der Waals surface area contributed by atoms with Gasteiger partial charge < -0.3 is 14.4 Å². The zero-order valence-corrected chi connectivity index (χ0v) is 14.8. The molecule has 3 heterocycles. The SMILES string of the molecule is CC(C)(C)OC(=O)N1CCN(CCN2C3CCC2COC3)CC1. The van der Waals surface area contributed by atoms with Crippen LogP contribution in [0.5, 0.6) is 0 Å². The van der Waals surface area contributed by atoms with Crippen LogP contribution in [0, 0.1) is 0 Å². The van der Waals surface area contributed by atoms with Gasteiger partial charge >= 0.3 is 6.09 Å². The third-order valence-corrected chi connectivity index (χ3v) is 5.09. The molecule has 3 rings (SSSR count). The Morgan fingerprint density at radius 3 is 2.22 bits per heavy atom. The van der Waals surface area contributed by atoms with Gasteiger partial charge in [-0.25, -0.2) is 4.79 Å². The van der Waals surface area contributed by atoms with Crippen LogP contribution in [-0.2, 0) is 9.47 Å². The van der Waals surface area contributed by atoms with Crippen LogP contribution in [-0.4, -0.2) is 91.0 Å². The number of fused-ring (bicyclic) bond motifs is 2. The summed E-state index contributed by atoms with van der Waals surface area (Å²) in [5, 5.41) is 0. The number of nitrogens with zero attached hydrogens (tertiary/aromatic N) is 3. The minimum atomic E-state index is -0.413. The summed E-state index contributed by atoms with van der Waals surface area (Å²) in [5.74, 6) is 0. The third-order valence-electron chi connectivity index (χ3n) is 5.09. The predicted octanol–water partition coefficient (Wildman–Crippen LogP) is 1.40. The van der Waals surface area contributed by atoms with Gasteiger partial charge in [-0.1, -0.05) is 0 Å². The molecule has 132 valence electrons. The van der Waals surface area contributed by atoms with Crippen molar-refractivity contribution in [2.75, 3.05) is 52.5 Å². The summed E-state index contributed by atoms with van der Waals surface area (Å²) in [5.41, 5.74) is -0.413. The number of hydrogen-bond acceptors (Lipinski definition) is 5. The highest BCUT2D eigenvalue weighted by atomic mass is 16.6. The highest BCUT2D eigenvalue weighted by molar-refractivity contribution is 5.68. The minimum Gasteiger partial charge on any atom is -0.444 e. The molecule has 0 N–H and O–H groups in total. The fourth-order valence-electron chi connectivity index (χ4n) is 3.82. The molecule has 0 spiro atoms. The molecule has 0 aliphatic carbocycles. The lowest BCUT2D eigenvalue weighted by Gasteiger charge is -2.39. The van der Waals surface area contributed by atoms with E-state index in [9.17, 15) is 4.79 Å². The Morgan fingerprint density at radius 2 is 1.65 bits per heavy atom. The first-order valence-corrected chi connectivity index (χ1v) is 8.96. The number of morpholine rings is 1. The standard InChI is InChI=1S/C17H31N3O3/c1-17(2,3)23-16(21)19-9-6-18(7-10-19)8-11-20-14-4-5-15(20)13-22-12-14/h14-15H,4-13H2,1-3H3. The summed E-state index contributed by atoms with van der Waals surface area (Å²) >= 11 is 0. The van der Waals surface area contributed by atoms with Crippen molar-refractivity contribution in [3.63, 3.8) is 0 Å². The van der Waals surface area contributed by atoms with Crippen LogP contribution >= 0.6 is 0 Å². The van der Waals surface area contributed by atoms with Crippen LogP contribution in [0.2, 0.25) is 0 Å². The van der Waals surface area contributed by atoms with Crippen molar-refractivity contribution in [3.05, 3.63) is 0 Å². The van der Waals surface area contributed by atoms with Gasteiger partial charge in [0.2, 0.25) is 0 Å². The van der Waals surface area contributed by atoms with E-state index in [0.29, 0.717) is 12.1 Å². The maximum absolute atomic E-state index is 12.1. The van der Waals surface area contributed by atoms with Crippen molar-refractivity contribution >= 4 is 6.09 Å². The Labute approximate surface area is 139 Å². The number of amides is 1. The first-order valence-electron chi connectivity index (χ1n) is 8.96. The first kappa shape index (κ1) is 17.0. The van der Waals surface area contributed by atoms with E-state index in [2.05, 4.69) is 9.80 Å². The van der Waals surface area contributed by atoms with Gasteiger partial charge in [0.25, 0.3) is 0 Å². The van der Waals surface area contributed by atoms with Gasteiger partial charge in [0.05, 0.1) is 13.2 Å². The van der Waals surface area contributed by atoms with Crippen molar-refractivity contribution in [1.29, 1.82) is 0 Å². The summed E-state index contributed by atoms with van der Waals surface area (Å²) in [6.07, 6.45) is 2.40. The number of rotatable bonds is 3. The number of carbonyl (C=O) groups is 1. The topological polar surface area (TPSA) is 45.2 Å². The number of piperazine rings is 1. The fraction of sp³-hybridized carbons (Fsp3) is 0.941. The monoisotopic (exact) mass is 325 g/mol. The minimum absolute atomic E-state index is 0.177. The summed E-state index contributed by atoms with van der Waals surface area (Å²) in [7, 11) is 0. The molecule has 0 aromatic rings. The Balaban J connectivity index is 1.39. The van der Waals surface area contributed by atoms with Gasteiger partial charge in [-0.05, 0) is 33.6 Å². The van der Waals surface area contributed by atoms with Gasteiger partial charge in [0.1, 0.15) is 5.60 Å². The quantitative estimate of drug-likeness (QED) is 0.785. The van der Waals surface area contributed by atoms with Crippen molar-refractivity contribution in [2.45, 2.75) is 51.3 Å². The Hall–Kier alpha value is -0.850. The van der Waals surface area contributed by atoms with Crippen LogP contribution in [0.1, 0.15) is 33.6 Å². The van der Waals surface area contributed by atoms with E-state index in [1.54, 1.807) is 0 Å². The average molecular weight is 325 g/mol. The zero-order chi connectivity index (χ0) is 16.4. The summed E-state index contributed by atoms with van der Waals surface area (Å²) < 4.78 is 11.1. The lowest BCUT2D eigenvalue weighted by molar-refractivity contribution is -0.0208. The van der Waals surface area contributed by atoms with E-state index in [1.807, 2.05) is 25.7 Å². The van der Waals surface area contributed by atoms with Crippen LogP contribution in [0.25, 0.3) is 0 Å². The van der Waals surface area contributed by atoms with Crippen LogP contribution in [0.4, 0.5) is 4.79 Å². The van der Waals surface area contributed by atoms with Crippen LogP contribution < -0.4 is 0 Å². The molecule has 2 atom stereocenters. The van der Waals surface area contributed by atoms with E-state index in [0.717, 1.165) is 52.5 Å². The lowest BCUT2D eigenvalue weighted by atomic mass is 10.2. The molecule has 2 unspecified atom stereocenters. The molecule has 0 saturated carbocycles. The molecular formula is C17H31N3O3. The number of ether oxygens (including phenoxy) is 2. The van der Waals surface area contributed by atoms with Crippen molar-refractivity contribution < 1.29 is 14.3 Å². The maximum atomic E-state index is 12.1. The largest absolute Gasteiger partial charge is 0.444 e. The fourth-order valence-corrected chi connectivity index (χ4v) is 3.82. The summed E-state index contributed by atoms with van der Waals surface area (Å²) in [6, 6.07) is 1.27. The molecule has 2 bridgehead atoms. The van der Waals surface area contributed by atoms with E-state index in [-0.39, 0.29) is 6.09 Å². The second-order valence-corrected chi connectivity index (χ2v) is 7.97. The molecule has 0 aromatic carbocycles. The molecule has 3 aliphatic rings. The molecule has 3 saturated heterocycles. The first-order chi connectivity index (χ1) is 10.9. The Kier molecular flexibility index (Phi) is 5.13. The van der Waals surface area contributed by atoms with Gasteiger partial charge in [-0.3, -0.25) is 9.80 Å². The molecule has 0 radical (unpaired) electrons. The Bertz CT molecular complexity index is 400. The van der Waals surface area contributed by atoms with Crippen molar-refractivity contribution in [3.8, 4) is 0 Å². The van der Waals surface area contributed by atoms with E-state index in [4.69, 9.17) is 9.47 Å². The average Bonchev–Trinajstić information content (AvgIpc) is 2.71. The highest BCUT2D eigenvalue weighted by Gasteiger charge is 2.37. The lowest BCUT2D eigenvalue weighted by Crippen LogP contribution is -2.53. The second kappa shape index (κ2) is 6.95. The van der Waals surface area contributed by atoms with Gasteiger partial charge in [0, 0.05) is 51.4 Å². The molecule has 3 fully saturated rings. The van der Waals surface area contributed by atoms with Gasteiger partial charge in [-0.15, -0.1) is 0 Å². The second-order valence-electron chi connectivity index (χ2n) is 7.97. The maximum Gasteiger partial charge on any atom is 0.410 e. The van der Waals surface area contributed by atoms with Gasteiger partial charge in [0.15, 0.2) is 0 Å². The summed E-state index contributed by atoms with van der Waals surface area (Å²) in [4.78, 5) is 19.0. The molecular weight excluding hydrogens is 294 g/mol. The molecule has 6 heteroatoms. The molecule has 23 heavy (non-hydrogen) atoms. The zero-order valence-electron chi connectivity index (χ0n) is 14.8. The molecule has 1 amide bonds. The molecule has 0 aromatic heterocycles. The predicted molar refractivity (Wildman–Crippen MR) is 88.6 cm³/mol. The third kappa shape index (κ3) is 4.37. The van der Waals surface area contributed by atoms with Crippen LogP contribution in [0.15, 0.2) is 0 Å². The highest BCUT2D eigenvalue weighted by Crippen LogP contribution is 2.28. The van der Waals surface area contributed by atoms with Crippen LogP contribution in [0.3, 0.4) is 0 Å². The number of carbonyl (C=O) groups excluding carboxylic acids is 1. The normalized spacial score (nSPS) is 29.8. The summed E-state index contributed by atoms with van der Waals surface area (Å²) in [6.45, 7) is 13.2. The molecule has 6 nitrogen and oxygen atoms in total. The number of hydrogen-bond donors (Lipinski definition) is 0. The van der Waals surface area contributed by atoms with Gasteiger partial charge in [-0.2, -0.15) is 0 Å². The smallest absolute Gasteiger partial charge is 0.410 e. The Morgan fingerprint density at radius 1 is 1.04 bits per heavy atom.